The standard InChI is InChI=1S/C25H24N4O5/c1-33-20-12-6-10-18(22(20)34-2)14-27-21(30)16-28-19-11-7-13-26-23(19)29(25(32)24(28)31)15-17-8-4-3-5-9-17/h3-13H,14-16H2,1-2H3,(H,27,30). The highest BCUT2D eigenvalue weighted by Gasteiger charge is 2.17. The van der Waals surface area contributed by atoms with E-state index in [0.29, 0.717) is 28.2 Å². The number of ether oxygens (including phenoxy) is 2. The summed E-state index contributed by atoms with van der Waals surface area (Å²) < 4.78 is 13.2. The molecule has 4 rings (SSSR count). The Bertz CT molecular complexity index is 1440. The van der Waals surface area contributed by atoms with Gasteiger partial charge in [0.25, 0.3) is 0 Å². The van der Waals surface area contributed by atoms with E-state index in [1.807, 2.05) is 30.3 Å². The summed E-state index contributed by atoms with van der Waals surface area (Å²) in [5, 5.41) is 2.78. The molecule has 4 aromatic rings. The van der Waals surface area contributed by atoms with Crippen molar-refractivity contribution in [2.45, 2.75) is 19.6 Å². The molecular weight excluding hydrogens is 436 g/mol. The molecular formula is C25H24N4O5. The lowest BCUT2D eigenvalue weighted by Crippen LogP contribution is -2.44. The molecule has 0 spiro atoms. The molecule has 0 saturated carbocycles. The molecule has 0 unspecified atom stereocenters. The minimum atomic E-state index is -0.787. The van der Waals surface area contributed by atoms with Crippen LogP contribution < -0.4 is 25.9 Å². The summed E-state index contributed by atoms with van der Waals surface area (Å²) in [4.78, 5) is 43.0. The van der Waals surface area contributed by atoms with E-state index in [1.165, 1.54) is 18.8 Å². The van der Waals surface area contributed by atoms with Crippen molar-refractivity contribution in [3.8, 4) is 11.5 Å². The van der Waals surface area contributed by atoms with E-state index in [1.54, 1.807) is 36.5 Å². The van der Waals surface area contributed by atoms with Gasteiger partial charge < -0.3 is 14.8 Å². The molecule has 174 valence electrons. The molecule has 0 saturated heterocycles. The van der Waals surface area contributed by atoms with Crippen molar-refractivity contribution in [1.82, 2.24) is 19.4 Å². The summed E-state index contributed by atoms with van der Waals surface area (Å²) in [6, 6.07) is 18.0. The Labute approximate surface area is 195 Å². The van der Waals surface area contributed by atoms with Crippen LogP contribution in [0.15, 0.2) is 76.4 Å². The first kappa shape index (κ1) is 22.8. The van der Waals surface area contributed by atoms with Crippen molar-refractivity contribution in [2.75, 3.05) is 14.2 Å². The number of aromatic nitrogens is 3. The first-order valence-electron chi connectivity index (χ1n) is 10.6. The van der Waals surface area contributed by atoms with Crippen LogP contribution in [-0.4, -0.2) is 34.2 Å². The molecule has 2 heterocycles. The third kappa shape index (κ3) is 4.54. The molecule has 1 amide bonds. The molecule has 9 nitrogen and oxygen atoms in total. The van der Waals surface area contributed by atoms with Gasteiger partial charge in [0.1, 0.15) is 6.54 Å². The highest BCUT2D eigenvalue weighted by Crippen LogP contribution is 2.30. The lowest BCUT2D eigenvalue weighted by molar-refractivity contribution is -0.121. The number of carbonyl (C=O) groups is 1. The number of amides is 1. The van der Waals surface area contributed by atoms with Crippen LogP contribution in [0.2, 0.25) is 0 Å². The first-order valence-corrected chi connectivity index (χ1v) is 10.6. The molecule has 0 aliphatic heterocycles. The highest BCUT2D eigenvalue weighted by atomic mass is 16.5. The Hall–Kier alpha value is -4.40. The second kappa shape index (κ2) is 10.0. The van der Waals surface area contributed by atoms with Gasteiger partial charge in [-0.05, 0) is 23.8 Å². The second-order valence-corrected chi connectivity index (χ2v) is 7.54. The smallest absolute Gasteiger partial charge is 0.318 e. The number of hydrogen-bond donors (Lipinski definition) is 1. The van der Waals surface area contributed by atoms with E-state index in [-0.39, 0.29) is 19.6 Å². The Balaban J connectivity index is 1.62. The average molecular weight is 460 g/mol. The van der Waals surface area contributed by atoms with Crippen molar-refractivity contribution in [3.05, 3.63) is 98.7 Å². The van der Waals surface area contributed by atoms with Crippen molar-refractivity contribution in [2.24, 2.45) is 0 Å². The second-order valence-electron chi connectivity index (χ2n) is 7.54. The number of hydrogen-bond acceptors (Lipinski definition) is 6. The topological polar surface area (TPSA) is 104 Å². The van der Waals surface area contributed by atoms with Crippen LogP contribution in [0.4, 0.5) is 0 Å². The van der Waals surface area contributed by atoms with E-state index in [0.717, 1.165) is 10.1 Å². The fourth-order valence-electron chi connectivity index (χ4n) is 3.80. The zero-order chi connectivity index (χ0) is 24.1. The van der Waals surface area contributed by atoms with Crippen molar-refractivity contribution < 1.29 is 14.3 Å². The third-order valence-corrected chi connectivity index (χ3v) is 5.43. The van der Waals surface area contributed by atoms with Crippen LogP contribution in [0, 0.1) is 0 Å². The monoisotopic (exact) mass is 460 g/mol. The quantitative estimate of drug-likeness (QED) is 0.403. The minimum absolute atomic E-state index is 0.162. The van der Waals surface area contributed by atoms with Gasteiger partial charge in [0, 0.05) is 18.3 Å². The SMILES string of the molecule is COc1cccc(CNC(=O)Cn2c(=O)c(=O)n(Cc3ccccc3)c3ncccc32)c1OC. The predicted molar refractivity (Wildman–Crippen MR) is 127 cm³/mol. The summed E-state index contributed by atoms with van der Waals surface area (Å²) in [5.74, 6) is 0.627. The maximum absolute atomic E-state index is 13.0. The van der Waals surface area contributed by atoms with Gasteiger partial charge in [0.15, 0.2) is 17.1 Å². The number of nitrogens with zero attached hydrogens (tertiary/aromatic N) is 3. The molecule has 9 heteroatoms. The van der Waals surface area contributed by atoms with E-state index in [9.17, 15) is 14.4 Å². The van der Waals surface area contributed by atoms with Gasteiger partial charge in [-0.2, -0.15) is 0 Å². The Morgan fingerprint density at radius 1 is 0.912 bits per heavy atom. The number of methoxy groups -OCH3 is 2. The van der Waals surface area contributed by atoms with Crippen molar-refractivity contribution >= 4 is 17.1 Å². The number of benzene rings is 2. The van der Waals surface area contributed by atoms with E-state index >= 15 is 0 Å². The maximum atomic E-state index is 13.0. The summed E-state index contributed by atoms with van der Waals surface area (Å²) in [5.41, 5.74) is 0.782. The number of pyridine rings is 1. The van der Waals surface area contributed by atoms with Crippen LogP contribution in [0.1, 0.15) is 11.1 Å². The third-order valence-electron chi connectivity index (χ3n) is 5.43. The average Bonchev–Trinajstić information content (AvgIpc) is 2.88. The number of fused-ring (bicyclic) bond motifs is 1. The molecule has 0 atom stereocenters. The summed E-state index contributed by atoms with van der Waals surface area (Å²) in [7, 11) is 3.05. The molecule has 0 bridgehead atoms. The van der Waals surface area contributed by atoms with Gasteiger partial charge in [0.2, 0.25) is 5.91 Å². The van der Waals surface area contributed by atoms with Gasteiger partial charge in [-0.3, -0.25) is 23.5 Å². The maximum Gasteiger partial charge on any atom is 0.318 e. The van der Waals surface area contributed by atoms with Crippen LogP contribution in [0.3, 0.4) is 0 Å². The molecule has 0 fully saturated rings. The zero-order valence-corrected chi connectivity index (χ0v) is 18.9. The Morgan fingerprint density at radius 3 is 2.41 bits per heavy atom. The minimum Gasteiger partial charge on any atom is -0.493 e. The fraction of sp³-hybridized carbons (Fsp3) is 0.200. The largest absolute Gasteiger partial charge is 0.493 e. The fourth-order valence-corrected chi connectivity index (χ4v) is 3.80. The molecule has 34 heavy (non-hydrogen) atoms. The van der Waals surface area contributed by atoms with Gasteiger partial charge in [-0.15, -0.1) is 0 Å². The lowest BCUT2D eigenvalue weighted by atomic mass is 10.2. The van der Waals surface area contributed by atoms with Gasteiger partial charge in [-0.25, -0.2) is 4.98 Å². The van der Waals surface area contributed by atoms with E-state index in [4.69, 9.17) is 9.47 Å². The molecule has 0 radical (unpaired) electrons. The number of nitrogens with one attached hydrogen (secondary N) is 1. The molecule has 0 aliphatic carbocycles. The predicted octanol–water partition coefficient (Wildman–Crippen LogP) is 1.94. The normalized spacial score (nSPS) is 10.8. The van der Waals surface area contributed by atoms with Crippen LogP contribution in [0.5, 0.6) is 11.5 Å². The van der Waals surface area contributed by atoms with Crippen LogP contribution >= 0.6 is 0 Å². The highest BCUT2D eigenvalue weighted by molar-refractivity contribution is 5.79. The van der Waals surface area contributed by atoms with Gasteiger partial charge in [-0.1, -0.05) is 42.5 Å². The lowest BCUT2D eigenvalue weighted by Gasteiger charge is -2.15. The zero-order valence-electron chi connectivity index (χ0n) is 18.9. The number of carbonyl (C=O) groups excluding carboxylic acids is 1. The Morgan fingerprint density at radius 2 is 1.68 bits per heavy atom. The van der Waals surface area contributed by atoms with Gasteiger partial charge in [0.05, 0.1) is 26.3 Å². The van der Waals surface area contributed by atoms with Gasteiger partial charge >= 0.3 is 11.1 Å². The van der Waals surface area contributed by atoms with Crippen LogP contribution in [0.25, 0.3) is 11.2 Å². The molecule has 2 aromatic carbocycles. The molecule has 0 aliphatic rings. The van der Waals surface area contributed by atoms with Crippen molar-refractivity contribution in [3.63, 3.8) is 0 Å². The first-order chi connectivity index (χ1) is 16.5. The van der Waals surface area contributed by atoms with E-state index in [2.05, 4.69) is 10.3 Å². The molecule has 1 N–H and O–H groups in total. The summed E-state index contributed by atoms with van der Waals surface area (Å²) >= 11 is 0. The summed E-state index contributed by atoms with van der Waals surface area (Å²) in [6.07, 6.45) is 1.55. The number of para-hydroxylation sites is 1. The summed E-state index contributed by atoms with van der Waals surface area (Å²) in [6.45, 7) is 0.0367. The molecule has 2 aromatic heterocycles. The Kier molecular flexibility index (Phi) is 6.72. The van der Waals surface area contributed by atoms with E-state index < -0.39 is 17.0 Å². The van der Waals surface area contributed by atoms with Crippen LogP contribution in [-0.2, 0) is 24.4 Å². The number of rotatable bonds is 8. The van der Waals surface area contributed by atoms with Crippen molar-refractivity contribution in [1.29, 1.82) is 0 Å².